The van der Waals surface area contributed by atoms with E-state index in [0.717, 1.165) is 0 Å². The number of nitrogens with zero attached hydrogens (tertiary/aromatic N) is 3. The molecule has 0 aliphatic rings. The summed E-state index contributed by atoms with van der Waals surface area (Å²) in [6.07, 6.45) is 0.651. The molecule has 0 saturated heterocycles. The molecule has 0 aliphatic carbocycles. The molecule has 1 aromatic rings. The van der Waals surface area contributed by atoms with E-state index in [0.29, 0.717) is 12.2 Å². The van der Waals surface area contributed by atoms with Gasteiger partial charge in [0.2, 0.25) is 5.95 Å². The highest BCUT2D eigenvalue weighted by atomic mass is 16.4. The fourth-order valence-electron chi connectivity index (χ4n) is 0.840. The highest BCUT2D eigenvalue weighted by Gasteiger charge is 2.07. The minimum atomic E-state index is -0.971. The molecule has 1 rings (SSSR count). The smallest absolute Gasteiger partial charge is 0.322 e. The van der Waals surface area contributed by atoms with Gasteiger partial charge in [-0.3, -0.25) is 4.79 Å². The fourth-order valence-corrected chi connectivity index (χ4v) is 0.840. The highest BCUT2D eigenvalue weighted by Crippen LogP contribution is 2.01. The van der Waals surface area contributed by atoms with Crippen molar-refractivity contribution >= 4 is 11.9 Å². The Morgan fingerprint density at radius 2 is 2.38 bits per heavy atom. The predicted octanol–water partition coefficient (Wildman–Crippen LogP) is -0.949. The average Bonchev–Trinajstić information content (AvgIpc) is 2.43. The molecule has 0 radical (unpaired) electrons. The molecule has 1 aromatic heterocycles. The fraction of sp³-hybridized carbons (Fsp3) is 0.500. The molecular weight excluding hydrogens is 174 g/mol. The van der Waals surface area contributed by atoms with Crippen LogP contribution in [0.15, 0.2) is 0 Å². The van der Waals surface area contributed by atoms with E-state index in [1.807, 2.05) is 6.92 Å². The lowest BCUT2D eigenvalue weighted by Crippen LogP contribution is -2.20. The number of aromatic nitrogens is 3. The van der Waals surface area contributed by atoms with E-state index in [-0.39, 0.29) is 12.5 Å². The largest absolute Gasteiger partial charge is 0.480 e. The molecule has 0 fully saturated rings. The molecule has 0 unspecified atom stereocenters. The van der Waals surface area contributed by atoms with Gasteiger partial charge in [-0.05, 0) is 0 Å². The molecule has 0 amide bonds. The van der Waals surface area contributed by atoms with E-state index in [4.69, 9.17) is 10.9 Å². The third kappa shape index (κ3) is 2.08. The van der Waals surface area contributed by atoms with Gasteiger partial charge < -0.3 is 16.3 Å². The Morgan fingerprint density at radius 1 is 1.69 bits per heavy atom. The number of hydrogen-bond donors (Lipinski definition) is 3. The van der Waals surface area contributed by atoms with Gasteiger partial charge in [-0.2, -0.15) is 0 Å². The predicted molar refractivity (Wildman–Crippen MR) is 45.7 cm³/mol. The maximum absolute atomic E-state index is 10.2. The standard InChI is InChI=1S/C6H11N5O2/c1-2-4-9-10-6(11(4)7)8-3-5(12)13/h2-3,7H2,1H3,(H,8,10)(H,12,13). The van der Waals surface area contributed by atoms with E-state index in [1.54, 1.807) is 0 Å². The van der Waals surface area contributed by atoms with Gasteiger partial charge >= 0.3 is 5.97 Å². The highest BCUT2D eigenvalue weighted by molar-refractivity contribution is 5.71. The van der Waals surface area contributed by atoms with Crippen LogP contribution in [-0.2, 0) is 11.2 Å². The van der Waals surface area contributed by atoms with Gasteiger partial charge in [0.25, 0.3) is 0 Å². The summed E-state index contributed by atoms with van der Waals surface area (Å²) in [7, 11) is 0. The summed E-state index contributed by atoms with van der Waals surface area (Å²) in [5.74, 6) is 5.43. The lowest BCUT2D eigenvalue weighted by atomic mass is 10.5. The summed E-state index contributed by atoms with van der Waals surface area (Å²) < 4.78 is 1.24. The number of carboxylic acids is 1. The molecule has 0 aromatic carbocycles. The number of rotatable bonds is 4. The number of aliphatic carboxylic acids is 1. The maximum Gasteiger partial charge on any atom is 0.322 e. The second-order valence-corrected chi connectivity index (χ2v) is 2.41. The molecular formula is C6H11N5O2. The van der Waals surface area contributed by atoms with Gasteiger partial charge in [0.15, 0.2) is 5.82 Å². The normalized spacial score (nSPS) is 9.92. The van der Waals surface area contributed by atoms with E-state index in [9.17, 15) is 4.79 Å². The van der Waals surface area contributed by atoms with Crippen LogP contribution < -0.4 is 11.2 Å². The minimum Gasteiger partial charge on any atom is -0.480 e. The second-order valence-electron chi connectivity index (χ2n) is 2.41. The third-order valence-corrected chi connectivity index (χ3v) is 1.48. The number of carbonyl (C=O) groups is 1. The van der Waals surface area contributed by atoms with Crippen LogP contribution in [0.3, 0.4) is 0 Å². The quantitative estimate of drug-likeness (QED) is 0.522. The molecule has 0 bridgehead atoms. The first-order valence-electron chi connectivity index (χ1n) is 3.80. The topological polar surface area (TPSA) is 106 Å². The number of carboxylic acid groups (broad SMARTS) is 1. The van der Waals surface area contributed by atoms with Crippen molar-refractivity contribution < 1.29 is 9.90 Å². The molecule has 1 heterocycles. The van der Waals surface area contributed by atoms with Crippen molar-refractivity contribution in [3.8, 4) is 0 Å². The second kappa shape index (κ2) is 3.74. The van der Waals surface area contributed by atoms with Crippen LogP contribution in [0.2, 0.25) is 0 Å². The van der Waals surface area contributed by atoms with E-state index >= 15 is 0 Å². The van der Waals surface area contributed by atoms with Gasteiger partial charge in [-0.1, -0.05) is 6.92 Å². The molecule has 0 aliphatic heterocycles. The maximum atomic E-state index is 10.2. The SMILES string of the molecule is CCc1nnc(NCC(=O)O)n1N. The lowest BCUT2D eigenvalue weighted by molar-refractivity contribution is -0.134. The molecule has 0 saturated carbocycles. The number of aryl methyl sites for hydroxylation is 1. The summed E-state index contributed by atoms with van der Waals surface area (Å²) in [5.41, 5.74) is 0. The Hall–Kier alpha value is -1.79. The summed E-state index contributed by atoms with van der Waals surface area (Å²) in [5, 5.41) is 18.3. The zero-order valence-corrected chi connectivity index (χ0v) is 7.19. The van der Waals surface area contributed by atoms with Crippen LogP contribution in [0, 0.1) is 0 Å². The molecule has 13 heavy (non-hydrogen) atoms. The molecule has 4 N–H and O–H groups in total. The zero-order chi connectivity index (χ0) is 9.84. The first-order valence-corrected chi connectivity index (χ1v) is 3.80. The van der Waals surface area contributed by atoms with Gasteiger partial charge in [0, 0.05) is 6.42 Å². The first-order chi connectivity index (χ1) is 6.15. The van der Waals surface area contributed by atoms with E-state index in [2.05, 4.69) is 15.5 Å². The van der Waals surface area contributed by atoms with Crippen molar-refractivity contribution in [2.75, 3.05) is 17.7 Å². The Balaban J connectivity index is 2.67. The number of nitrogen functional groups attached to an aromatic ring is 1. The molecule has 7 heteroatoms. The van der Waals surface area contributed by atoms with E-state index in [1.165, 1.54) is 4.68 Å². The van der Waals surface area contributed by atoms with Crippen molar-refractivity contribution in [1.82, 2.24) is 14.9 Å². The summed E-state index contributed by atoms with van der Waals surface area (Å²) in [6.45, 7) is 1.66. The van der Waals surface area contributed by atoms with Crippen LogP contribution in [0.5, 0.6) is 0 Å². The van der Waals surface area contributed by atoms with Crippen molar-refractivity contribution in [2.45, 2.75) is 13.3 Å². The average molecular weight is 185 g/mol. The Morgan fingerprint density at radius 3 is 2.85 bits per heavy atom. The van der Waals surface area contributed by atoms with Gasteiger partial charge in [0.05, 0.1) is 0 Å². The monoisotopic (exact) mass is 185 g/mol. The van der Waals surface area contributed by atoms with Crippen LogP contribution in [0.4, 0.5) is 5.95 Å². The minimum absolute atomic E-state index is 0.223. The van der Waals surface area contributed by atoms with Crippen molar-refractivity contribution in [1.29, 1.82) is 0 Å². The number of nitrogens with one attached hydrogen (secondary N) is 1. The van der Waals surface area contributed by atoms with Crippen LogP contribution in [0.25, 0.3) is 0 Å². The van der Waals surface area contributed by atoms with Gasteiger partial charge in [-0.15, -0.1) is 10.2 Å². The molecule has 0 atom stereocenters. The number of hydrogen-bond acceptors (Lipinski definition) is 5. The van der Waals surface area contributed by atoms with Crippen LogP contribution in [0.1, 0.15) is 12.7 Å². The van der Waals surface area contributed by atoms with Gasteiger partial charge in [-0.25, -0.2) is 4.68 Å². The molecule has 7 nitrogen and oxygen atoms in total. The van der Waals surface area contributed by atoms with Crippen molar-refractivity contribution in [2.24, 2.45) is 0 Å². The summed E-state index contributed by atoms with van der Waals surface area (Å²) in [6, 6.07) is 0. The summed E-state index contributed by atoms with van der Waals surface area (Å²) in [4.78, 5) is 10.2. The lowest BCUT2D eigenvalue weighted by Gasteiger charge is -2.02. The number of anilines is 1. The van der Waals surface area contributed by atoms with E-state index < -0.39 is 5.97 Å². The summed E-state index contributed by atoms with van der Waals surface area (Å²) >= 11 is 0. The molecule has 72 valence electrons. The van der Waals surface area contributed by atoms with Crippen LogP contribution in [-0.4, -0.2) is 32.5 Å². The zero-order valence-electron chi connectivity index (χ0n) is 7.19. The van der Waals surface area contributed by atoms with Gasteiger partial charge in [0.1, 0.15) is 6.54 Å². The Labute approximate surface area is 74.5 Å². The third-order valence-electron chi connectivity index (χ3n) is 1.48. The molecule has 0 spiro atoms. The number of nitrogens with two attached hydrogens (primary N) is 1. The van der Waals surface area contributed by atoms with Crippen molar-refractivity contribution in [3.63, 3.8) is 0 Å². The van der Waals surface area contributed by atoms with Crippen LogP contribution >= 0.6 is 0 Å². The van der Waals surface area contributed by atoms with Crippen molar-refractivity contribution in [3.05, 3.63) is 5.82 Å². The first kappa shape index (κ1) is 9.30. The Kier molecular flexibility index (Phi) is 2.68. The Bertz CT molecular complexity index is 308.